The molecule has 3 N–H and O–H groups in total. The molecule has 5 nitrogen and oxygen atoms in total. The van der Waals surface area contributed by atoms with E-state index < -0.39 is 5.82 Å². The molecule has 0 atom stereocenters. The number of aryl methyl sites for hydroxylation is 1. The van der Waals surface area contributed by atoms with Crippen LogP contribution in [0.4, 0.5) is 10.2 Å². The number of nitrogens with two attached hydrogens (primary N) is 1. The normalized spacial score (nSPS) is 8.56. The number of halogens is 2. The van der Waals surface area contributed by atoms with Gasteiger partial charge in [-0.05, 0) is 6.07 Å². The third-order valence-corrected chi connectivity index (χ3v) is 1.67. The van der Waals surface area contributed by atoms with Crippen molar-refractivity contribution in [3.05, 3.63) is 29.4 Å². The van der Waals surface area contributed by atoms with Gasteiger partial charge in [-0.1, -0.05) is 25.4 Å². The smallest absolute Gasteiger partial charge is 0.179 e. The van der Waals surface area contributed by atoms with Crippen molar-refractivity contribution in [3.8, 4) is 0 Å². The quantitative estimate of drug-likeness (QED) is 0.750. The van der Waals surface area contributed by atoms with Gasteiger partial charge in [-0.25, -0.2) is 4.39 Å². The number of H-pyrrole nitrogens is 1. The number of aromatic amines is 1. The number of aromatic nitrogens is 4. The number of nitrogens with one attached hydrogen (secondary N) is 1. The predicted molar refractivity (Wildman–Crippen MR) is 62.5 cm³/mol. The van der Waals surface area contributed by atoms with E-state index in [1.807, 2.05) is 13.8 Å². The SMILES string of the molecule is CC.Cn1nccc1N.Fc1cn[nH]c1Cl. The molecule has 0 unspecified atom stereocenters. The largest absolute Gasteiger partial charge is 0.384 e. The highest BCUT2D eigenvalue weighted by Gasteiger charge is 1.95. The first-order chi connectivity index (χ1) is 7.61. The molecule has 0 saturated carbocycles. The van der Waals surface area contributed by atoms with Crippen LogP contribution >= 0.6 is 11.6 Å². The van der Waals surface area contributed by atoms with Gasteiger partial charge in [-0.15, -0.1) is 0 Å². The topological polar surface area (TPSA) is 72.5 Å². The Balaban J connectivity index is 0.000000244. The van der Waals surface area contributed by atoms with Crippen LogP contribution in [0.5, 0.6) is 0 Å². The molecule has 0 fully saturated rings. The zero-order chi connectivity index (χ0) is 12.6. The first-order valence-electron chi connectivity index (χ1n) is 4.69. The molecule has 0 spiro atoms. The summed E-state index contributed by atoms with van der Waals surface area (Å²) in [5.74, 6) is 0.182. The van der Waals surface area contributed by atoms with Crippen molar-refractivity contribution in [2.24, 2.45) is 7.05 Å². The van der Waals surface area contributed by atoms with Crippen molar-refractivity contribution in [1.82, 2.24) is 20.0 Å². The minimum absolute atomic E-state index is 0.0417. The Labute approximate surface area is 98.4 Å². The predicted octanol–water partition coefficient (Wildman–Crippen LogP) is 2.23. The Hall–Kier alpha value is -1.56. The van der Waals surface area contributed by atoms with Crippen molar-refractivity contribution in [1.29, 1.82) is 0 Å². The zero-order valence-electron chi connectivity index (χ0n) is 9.41. The van der Waals surface area contributed by atoms with Gasteiger partial charge >= 0.3 is 0 Å². The van der Waals surface area contributed by atoms with E-state index >= 15 is 0 Å². The van der Waals surface area contributed by atoms with Crippen LogP contribution in [0.1, 0.15) is 13.8 Å². The lowest BCUT2D eigenvalue weighted by Gasteiger charge is -1.87. The molecule has 0 saturated heterocycles. The standard InChI is InChI=1S/C4H7N3.C3H2ClFN2.C2H6/c1-7-4(5)2-3-6-7;4-3-2(5)1-6-7-3;1-2/h2-3H,5H2,1H3;1H,(H,6,7);1-2H3. The minimum Gasteiger partial charge on any atom is -0.384 e. The maximum Gasteiger partial charge on any atom is 0.179 e. The molecule has 7 heteroatoms. The van der Waals surface area contributed by atoms with Gasteiger partial charge in [0, 0.05) is 7.05 Å². The van der Waals surface area contributed by atoms with Crippen LogP contribution in [0, 0.1) is 5.82 Å². The van der Waals surface area contributed by atoms with Crippen molar-refractivity contribution in [2.75, 3.05) is 5.73 Å². The third kappa shape index (κ3) is 4.79. The average Bonchev–Trinajstić information content (AvgIpc) is 2.83. The summed E-state index contributed by atoms with van der Waals surface area (Å²) in [5, 5.41) is 9.26. The van der Waals surface area contributed by atoms with Crippen LogP contribution in [0.25, 0.3) is 0 Å². The molecule has 0 bridgehead atoms. The second kappa shape index (κ2) is 7.70. The molecule has 16 heavy (non-hydrogen) atoms. The molecule has 90 valence electrons. The Morgan fingerprint density at radius 1 is 1.50 bits per heavy atom. The molecule has 0 aliphatic heterocycles. The van der Waals surface area contributed by atoms with Crippen LogP contribution in [0.3, 0.4) is 0 Å². The lowest BCUT2D eigenvalue weighted by Crippen LogP contribution is -1.95. The lowest BCUT2D eigenvalue weighted by molar-refractivity contribution is 0.629. The summed E-state index contributed by atoms with van der Waals surface area (Å²) in [6, 6.07) is 1.75. The van der Waals surface area contributed by atoms with E-state index in [-0.39, 0.29) is 5.15 Å². The van der Waals surface area contributed by atoms with Crippen molar-refractivity contribution < 1.29 is 4.39 Å². The number of hydrogen-bond acceptors (Lipinski definition) is 3. The zero-order valence-corrected chi connectivity index (χ0v) is 10.2. The van der Waals surface area contributed by atoms with Gasteiger partial charge in [0.1, 0.15) is 5.82 Å². The summed E-state index contributed by atoms with van der Waals surface area (Å²) in [6.07, 6.45) is 2.68. The Morgan fingerprint density at radius 3 is 2.25 bits per heavy atom. The van der Waals surface area contributed by atoms with Gasteiger partial charge in [0.2, 0.25) is 0 Å². The molecule has 2 aromatic heterocycles. The van der Waals surface area contributed by atoms with Crippen LogP contribution in [0.2, 0.25) is 5.15 Å². The Kier molecular flexibility index (Phi) is 6.95. The number of hydrogen-bond donors (Lipinski definition) is 2. The first kappa shape index (κ1) is 14.4. The van der Waals surface area contributed by atoms with E-state index in [1.54, 1.807) is 24.0 Å². The third-order valence-electron chi connectivity index (χ3n) is 1.41. The number of nitrogens with zero attached hydrogens (tertiary/aromatic N) is 3. The van der Waals surface area contributed by atoms with E-state index in [2.05, 4.69) is 15.3 Å². The highest BCUT2D eigenvalue weighted by Crippen LogP contribution is 2.06. The van der Waals surface area contributed by atoms with E-state index in [1.165, 1.54) is 0 Å². The molecule has 0 amide bonds. The molecule has 2 aromatic rings. The lowest BCUT2D eigenvalue weighted by atomic mass is 10.7. The van der Waals surface area contributed by atoms with Gasteiger partial charge in [-0.3, -0.25) is 9.78 Å². The summed E-state index contributed by atoms with van der Waals surface area (Å²) < 4.78 is 13.5. The summed E-state index contributed by atoms with van der Waals surface area (Å²) in [4.78, 5) is 0. The number of anilines is 1. The van der Waals surface area contributed by atoms with Crippen LogP contribution in [0.15, 0.2) is 18.5 Å². The second-order valence-corrected chi connectivity index (χ2v) is 2.79. The average molecular weight is 248 g/mol. The van der Waals surface area contributed by atoms with E-state index in [0.717, 1.165) is 6.20 Å². The highest BCUT2D eigenvalue weighted by atomic mass is 35.5. The molecular formula is C9H15ClFN5. The second-order valence-electron chi connectivity index (χ2n) is 2.41. The maximum atomic E-state index is 11.9. The summed E-state index contributed by atoms with van der Waals surface area (Å²) in [7, 11) is 1.80. The molecule has 0 aliphatic rings. The van der Waals surface area contributed by atoms with Gasteiger partial charge in [-0.2, -0.15) is 10.2 Å². The first-order valence-corrected chi connectivity index (χ1v) is 5.07. The minimum atomic E-state index is -0.512. The van der Waals surface area contributed by atoms with E-state index in [4.69, 9.17) is 17.3 Å². The van der Waals surface area contributed by atoms with E-state index in [9.17, 15) is 4.39 Å². The fraction of sp³-hybridized carbons (Fsp3) is 0.333. The van der Waals surface area contributed by atoms with Crippen LogP contribution in [-0.4, -0.2) is 20.0 Å². The van der Waals surface area contributed by atoms with Gasteiger partial charge in [0.25, 0.3) is 0 Å². The summed E-state index contributed by atoms with van der Waals surface area (Å²) in [6.45, 7) is 4.00. The molecule has 2 heterocycles. The number of rotatable bonds is 0. The Bertz CT molecular complexity index is 327. The van der Waals surface area contributed by atoms with Gasteiger partial charge in [0.05, 0.1) is 12.4 Å². The van der Waals surface area contributed by atoms with Crippen LogP contribution < -0.4 is 5.73 Å². The number of nitrogen functional groups attached to an aromatic ring is 1. The Morgan fingerprint density at radius 2 is 2.12 bits per heavy atom. The van der Waals surface area contributed by atoms with Gasteiger partial charge in [0.15, 0.2) is 11.0 Å². The molecular weight excluding hydrogens is 233 g/mol. The van der Waals surface area contributed by atoms with E-state index in [0.29, 0.717) is 5.82 Å². The fourth-order valence-corrected chi connectivity index (χ4v) is 0.738. The van der Waals surface area contributed by atoms with Crippen LogP contribution in [-0.2, 0) is 7.05 Å². The van der Waals surface area contributed by atoms with Crippen molar-refractivity contribution in [3.63, 3.8) is 0 Å². The summed E-state index contributed by atoms with van der Waals surface area (Å²) >= 11 is 5.13. The van der Waals surface area contributed by atoms with Gasteiger partial charge < -0.3 is 5.73 Å². The molecule has 0 radical (unpaired) electrons. The van der Waals surface area contributed by atoms with Crippen molar-refractivity contribution in [2.45, 2.75) is 13.8 Å². The molecule has 0 aromatic carbocycles. The maximum absolute atomic E-state index is 11.9. The molecule has 2 rings (SSSR count). The summed E-state index contributed by atoms with van der Waals surface area (Å²) in [5.41, 5.74) is 5.34. The molecule has 0 aliphatic carbocycles. The highest BCUT2D eigenvalue weighted by molar-refractivity contribution is 6.29. The fourth-order valence-electron chi connectivity index (χ4n) is 0.640. The van der Waals surface area contributed by atoms with Crippen molar-refractivity contribution >= 4 is 17.4 Å². The monoisotopic (exact) mass is 247 g/mol.